The highest BCUT2D eigenvalue weighted by Gasteiger charge is 2.30. The Hall–Kier alpha value is -3.89. The highest BCUT2D eigenvalue weighted by molar-refractivity contribution is 5.95. The van der Waals surface area contributed by atoms with Gasteiger partial charge in [0.2, 0.25) is 0 Å². The average molecular weight is 445 g/mol. The fourth-order valence-corrected chi connectivity index (χ4v) is 3.53. The first kappa shape index (κ1) is 21.3. The number of carboxylic acids is 1. The van der Waals surface area contributed by atoms with E-state index in [1.165, 1.54) is 12.1 Å². The lowest BCUT2D eigenvalue weighted by Crippen LogP contribution is -2.17. The Kier molecular flexibility index (Phi) is 5.80. The van der Waals surface area contributed by atoms with Crippen molar-refractivity contribution < 1.29 is 27.8 Å². The topological polar surface area (TPSA) is 106 Å². The van der Waals surface area contributed by atoms with Gasteiger partial charge in [-0.3, -0.25) is 0 Å². The van der Waals surface area contributed by atoms with E-state index in [0.29, 0.717) is 31.6 Å². The third-order valence-corrected chi connectivity index (χ3v) is 5.02. The number of nitrogens with one attached hydrogen (secondary N) is 1. The molecular weight excluding hydrogens is 427 g/mol. The summed E-state index contributed by atoms with van der Waals surface area (Å²) in [6.07, 6.45) is -1.09. The van der Waals surface area contributed by atoms with Gasteiger partial charge in [0.05, 0.1) is 5.56 Å². The van der Waals surface area contributed by atoms with Crippen molar-refractivity contribution in [3.05, 3.63) is 71.2 Å². The van der Waals surface area contributed by atoms with Crippen LogP contribution in [0.4, 0.5) is 13.2 Å². The second kappa shape index (κ2) is 8.69. The number of hydrogen-bond donors (Lipinski definition) is 2. The Morgan fingerprint density at radius 1 is 1.09 bits per heavy atom. The van der Waals surface area contributed by atoms with Crippen LogP contribution >= 0.6 is 0 Å². The van der Waals surface area contributed by atoms with Crippen molar-refractivity contribution in [1.82, 2.24) is 25.2 Å². The first-order valence-corrected chi connectivity index (χ1v) is 9.70. The summed E-state index contributed by atoms with van der Waals surface area (Å²) in [5.41, 5.74) is 2.83. The van der Waals surface area contributed by atoms with Crippen LogP contribution in [0.5, 0.6) is 5.75 Å². The summed E-state index contributed by atoms with van der Waals surface area (Å²) >= 11 is 0. The number of aryl methyl sites for hydroxylation is 4. The van der Waals surface area contributed by atoms with Gasteiger partial charge in [-0.25, -0.2) is 4.79 Å². The maximum Gasteiger partial charge on any atom is 0.573 e. The third-order valence-electron chi connectivity index (χ3n) is 5.02. The van der Waals surface area contributed by atoms with Crippen molar-refractivity contribution in [3.63, 3.8) is 0 Å². The van der Waals surface area contributed by atoms with E-state index in [4.69, 9.17) is 0 Å². The third kappa shape index (κ3) is 5.05. The largest absolute Gasteiger partial charge is 0.573 e. The number of aromatic nitrogens is 5. The van der Waals surface area contributed by atoms with Crippen LogP contribution < -0.4 is 4.74 Å². The standard InChI is InChI=1S/C21H18F3N5O3/c22-21(23,24)32-16-6-2-13(3-7-16)1-4-15-12-29(10-9-19-25-27-28-26-19)18-8-5-14(20(30)31)11-17(15)18/h2-3,5-8,11-12H,1,4,9-10H2,(H,30,31)(H,25,26,27,28). The van der Waals surface area contributed by atoms with Crippen molar-refractivity contribution in [3.8, 4) is 5.75 Å². The molecule has 11 heteroatoms. The number of H-pyrrole nitrogens is 1. The van der Waals surface area contributed by atoms with Gasteiger partial charge >= 0.3 is 12.3 Å². The first-order chi connectivity index (χ1) is 15.3. The SMILES string of the molecule is O=C(O)c1ccc2c(c1)c(CCc1ccc(OC(F)(F)F)cc1)cn2CCc1nn[nH]n1. The van der Waals surface area contributed by atoms with Crippen LogP contribution in [-0.2, 0) is 25.8 Å². The van der Waals surface area contributed by atoms with E-state index >= 15 is 0 Å². The molecule has 166 valence electrons. The Morgan fingerprint density at radius 3 is 2.53 bits per heavy atom. The Bertz CT molecular complexity index is 1220. The summed E-state index contributed by atoms with van der Waals surface area (Å²) in [4.78, 5) is 11.4. The monoisotopic (exact) mass is 445 g/mol. The maximum absolute atomic E-state index is 12.3. The van der Waals surface area contributed by atoms with Gasteiger partial charge in [-0.1, -0.05) is 17.3 Å². The predicted octanol–water partition coefficient (Wildman–Crippen LogP) is 3.78. The van der Waals surface area contributed by atoms with Gasteiger partial charge in [-0.2, -0.15) is 5.21 Å². The lowest BCUT2D eigenvalue weighted by molar-refractivity contribution is -0.274. The second-order valence-electron chi connectivity index (χ2n) is 7.15. The molecule has 0 aliphatic carbocycles. The summed E-state index contributed by atoms with van der Waals surface area (Å²) < 4.78 is 42.9. The molecule has 0 fully saturated rings. The molecule has 4 rings (SSSR count). The molecule has 0 radical (unpaired) electrons. The fourth-order valence-electron chi connectivity index (χ4n) is 3.53. The van der Waals surface area contributed by atoms with E-state index in [1.54, 1.807) is 30.3 Å². The minimum atomic E-state index is -4.73. The molecule has 2 heterocycles. The van der Waals surface area contributed by atoms with Crippen molar-refractivity contribution in [2.24, 2.45) is 0 Å². The molecule has 2 aromatic heterocycles. The highest BCUT2D eigenvalue weighted by Crippen LogP contribution is 2.26. The smallest absolute Gasteiger partial charge is 0.478 e. The minimum Gasteiger partial charge on any atom is -0.478 e. The molecule has 0 saturated carbocycles. The van der Waals surface area contributed by atoms with Crippen LogP contribution in [0, 0.1) is 0 Å². The summed E-state index contributed by atoms with van der Waals surface area (Å²) in [5.74, 6) is -0.722. The van der Waals surface area contributed by atoms with Crippen LogP contribution in [-0.4, -0.2) is 42.6 Å². The number of carbonyl (C=O) groups is 1. The number of ether oxygens (including phenoxy) is 1. The van der Waals surface area contributed by atoms with Crippen molar-refractivity contribution >= 4 is 16.9 Å². The van der Waals surface area contributed by atoms with Gasteiger partial charge in [-0.05, 0) is 54.3 Å². The molecule has 0 unspecified atom stereocenters. The van der Waals surface area contributed by atoms with Gasteiger partial charge in [0.25, 0.3) is 0 Å². The quantitative estimate of drug-likeness (QED) is 0.428. The Labute approximate surface area is 179 Å². The number of nitrogens with zero attached hydrogens (tertiary/aromatic N) is 4. The minimum absolute atomic E-state index is 0.184. The van der Waals surface area contributed by atoms with Crippen LogP contribution in [0.15, 0.2) is 48.7 Å². The lowest BCUT2D eigenvalue weighted by atomic mass is 10.0. The van der Waals surface area contributed by atoms with Crippen molar-refractivity contribution in [2.75, 3.05) is 0 Å². The average Bonchev–Trinajstić information content (AvgIpc) is 3.38. The van der Waals surface area contributed by atoms with E-state index < -0.39 is 12.3 Å². The van der Waals surface area contributed by atoms with Gasteiger partial charge < -0.3 is 14.4 Å². The zero-order chi connectivity index (χ0) is 22.7. The van der Waals surface area contributed by atoms with E-state index in [1.807, 2.05) is 10.8 Å². The number of aromatic carboxylic acids is 1. The van der Waals surface area contributed by atoms with Gasteiger partial charge in [0.15, 0.2) is 5.82 Å². The number of alkyl halides is 3. The molecule has 0 saturated heterocycles. The number of tetrazole rings is 1. The van der Waals surface area contributed by atoms with Gasteiger partial charge in [0.1, 0.15) is 5.75 Å². The molecule has 0 aliphatic rings. The fraction of sp³-hybridized carbons (Fsp3) is 0.238. The number of halogens is 3. The molecule has 0 atom stereocenters. The van der Waals surface area contributed by atoms with Gasteiger partial charge in [-0.15, -0.1) is 23.4 Å². The number of aromatic amines is 1. The number of hydrogen-bond acceptors (Lipinski definition) is 5. The molecule has 2 N–H and O–H groups in total. The molecule has 8 nitrogen and oxygen atoms in total. The highest BCUT2D eigenvalue weighted by atomic mass is 19.4. The number of fused-ring (bicyclic) bond motifs is 1. The number of carboxylic acid groups (broad SMARTS) is 1. The Balaban J connectivity index is 1.55. The van der Waals surface area contributed by atoms with E-state index in [-0.39, 0.29) is 11.3 Å². The van der Waals surface area contributed by atoms with Crippen LogP contribution in [0.3, 0.4) is 0 Å². The van der Waals surface area contributed by atoms with E-state index in [9.17, 15) is 23.1 Å². The zero-order valence-electron chi connectivity index (χ0n) is 16.6. The van der Waals surface area contributed by atoms with E-state index in [0.717, 1.165) is 22.0 Å². The maximum atomic E-state index is 12.3. The molecule has 0 spiro atoms. The Morgan fingerprint density at radius 2 is 1.88 bits per heavy atom. The molecule has 4 aromatic rings. The number of benzene rings is 2. The normalized spacial score (nSPS) is 11.7. The lowest BCUT2D eigenvalue weighted by Gasteiger charge is -2.09. The molecule has 2 aromatic carbocycles. The molecule has 0 amide bonds. The summed E-state index contributed by atoms with van der Waals surface area (Å²) in [6, 6.07) is 10.7. The van der Waals surface area contributed by atoms with Crippen LogP contribution in [0.2, 0.25) is 0 Å². The number of rotatable bonds is 8. The first-order valence-electron chi connectivity index (χ1n) is 9.70. The molecule has 0 bridgehead atoms. The summed E-state index contributed by atoms with van der Waals surface area (Å²) in [6.45, 7) is 0.575. The molecule has 0 aliphatic heterocycles. The summed E-state index contributed by atoms with van der Waals surface area (Å²) in [7, 11) is 0. The molecule has 32 heavy (non-hydrogen) atoms. The van der Waals surface area contributed by atoms with Crippen molar-refractivity contribution in [1.29, 1.82) is 0 Å². The molecular formula is C21H18F3N5O3. The predicted molar refractivity (Wildman–Crippen MR) is 107 cm³/mol. The zero-order valence-corrected chi connectivity index (χ0v) is 16.6. The van der Waals surface area contributed by atoms with Crippen molar-refractivity contribution in [2.45, 2.75) is 32.2 Å². The van der Waals surface area contributed by atoms with Crippen LogP contribution in [0.1, 0.15) is 27.3 Å². The summed E-state index contributed by atoms with van der Waals surface area (Å²) in [5, 5.41) is 24.0. The second-order valence-corrected chi connectivity index (χ2v) is 7.15. The van der Waals surface area contributed by atoms with E-state index in [2.05, 4.69) is 25.4 Å². The van der Waals surface area contributed by atoms with Gasteiger partial charge in [0, 0.05) is 30.1 Å². The van der Waals surface area contributed by atoms with Crippen LogP contribution in [0.25, 0.3) is 10.9 Å².